The molecule has 0 spiro atoms. The maximum Gasteiger partial charge on any atom is 0.217 e. The molecule has 0 atom stereocenters. The summed E-state index contributed by atoms with van der Waals surface area (Å²) in [7, 11) is 0. The summed E-state index contributed by atoms with van der Waals surface area (Å²) in [4.78, 5) is 11.0. The molecule has 0 aliphatic carbocycles. The number of phenolic OH excluding ortho intramolecular Hbond substituents is 1. The Morgan fingerprint density at radius 3 is 2.52 bits per heavy atom. The average Bonchev–Trinajstić information content (AvgIpc) is 2.72. The van der Waals surface area contributed by atoms with Crippen molar-refractivity contribution >= 4 is 11.7 Å². The number of amides is 1. The first-order chi connectivity index (χ1) is 10.5. The third kappa shape index (κ3) is 3.69. The van der Waals surface area contributed by atoms with E-state index in [-0.39, 0.29) is 22.5 Å². The van der Waals surface area contributed by atoms with Crippen molar-refractivity contribution in [3.8, 4) is 5.75 Å². The molecule has 126 valence electrons. The first-order valence-corrected chi connectivity index (χ1v) is 7.97. The summed E-state index contributed by atoms with van der Waals surface area (Å²) in [6, 6.07) is 5.50. The molecule has 4 heteroatoms. The van der Waals surface area contributed by atoms with Gasteiger partial charge >= 0.3 is 0 Å². The number of carbonyl (C=O) groups is 1. The van der Waals surface area contributed by atoms with Crippen LogP contribution in [0.2, 0.25) is 0 Å². The van der Waals surface area contributed by atoms with E-state index in [1.165, 1.54) is 12.5 Å². The molecule has 23 heavy (non-hydrogen) atoms. The number of rotatable bonds is 3. The zero-order valence-electron chi connectivity index (χ0n) is 14.9. The number of hydrogen-bond donors (Lipinski definition) is 2. The lowest BCUT2D eigenvalue weighted by Gasteiger charge is -2.30. The van der Waals surface area contributed by atoms with E-state index in [1.807, 2.05) is 12.1 Å². The van der Waals surface area contributed by atoms with Crippen LogP contribution in [0, 0.1) is 10.8 Å². The van der Waals surface area contributed by atoms with Crippen LogP contribution in [-0.4, -0.2) is 17.6 Å². The van der Waals surface area contributed by atoms with Crippen LogP contribution in [-0.2, 0) is 16.1 Å². The van der Waals surface area contributed by atoms with Crippen LogP contribution in [0.15, 0.2) is 23.8 Å². The molecule has 0 aromatic heterocycles. The van der Waals surface area contributed by atoms with E-state index < -0.39 is 0 Å². The average molecular weight is 317 g/mol. The minimum Gasteiger partial charge on any atom is -0.508 e. The van der Waals surface area contributed by atoms with Crippen LogP contribution in [0.4, 0.5) is 0 Å². The van der Waals surface area contributed by atoms with Crippen LogP contribution in [0.3, 0.4) is 0 Å². The van der Waals surface area contributed by atoms with Gasteiger partial charge < -0.3 is 15.2 Å². The second kappa shape index (κ2) is 5.91. The Bertz CT molecular complexity index is 651. The Morgan fingerprint density at radius 1 is 1.35 bits per heavy atom. The van der Waals surface area contributed by atoms with Crippen molar-refractivity contribution in [3.05, 3.63) is 34.9 Å². The number of nitrogens with one attached hydrogen (secondary N) is 1. The number of hydrogen-bond acceptors (Lipinski definition) is 3. The van der Waals surface area contributed by atoms with Gasteiger partial charge in [-0.05, 0) is 17.1 Å². The van der Waals surface area contributed by atoms with E-state index in [2.05, 4.69) is 39.9 Å². The molecule has 1 aliphatic rings. The van der Waals surface area contributed by atoms with Gasteiger partial charge in [-0.1, -0.05) is 46.8 Å². The SMILES string of the molecule is CC(=O)NCc1ccc(C2=C(C(C)(C)C)C(C)(C)CO2)cc1O. The number of benzene rings is 1. The van der Waals surface area contributed by atoms with Gasteiger partial charge in [0.15, 0.2) is 0 Å². The van der Waals surface area contributed by atoms with Gasteiger partial charge in [0.05, 0.1) is 6.61 Å². The van der Waals surface area contributed by atoms with E-state index in [4.69, 9.17) is 4.74 Å². The normalized spacial score (nSPS) is 17.1. The lowest BCUT2D eigenvalue weighted by atomic mass is 9.71. The summed E-state index contributed by atoms with van der Waals surface area (Å²) in [5, 5.41) is 12.9. The smallest absolute Gasteiger partial charge is 0.217 e. The van der Waals surface area contributed by atoms with Crippen molar-refractivity contribution in [2.75, 3.05) is 6.61 Å². The van der Waals surface area contributed by atoms with Gasteiger partial charge in [0, 0.05) is 30.0 Å². The lowest BCUT2D eigenvalue weighted by molar-refractivity contribution is -0.119. The molecule has 1 aromatic carbocycles. The monoisotopic (exact) mass is 317 g/mol. The van der Waals surface area contributed by atoms with Crippen LogP contribution in [0.25, 0.3) is 5.76 Å². The van der Waals surface area contributed by atoms with Gasteiger partial charge in [0.25, 0.3) is 0 Å². The van der Waals surface area contributed by atoms with Gasteiger partial charge in [-0.25, -0.2) is 0 Å². The van der Waals surface area contributed by atoms with E-state index in [0.29, 0.717) is 18.7 Å². The quantitative estimate of drug-likeness (QED) is 0.890. The summed E-state index contributed by atoms with van der Waals surface area (Å²) < 4.78 is 5.99. The molecule has 0 fully saturated rings. The van der Waals surface area contributed by atoms with E-state index in [0.717, 1.165) is 11.3 Å². The molecule has 0 radical (unpaired) electrons. The topological polar surface area (TPSA) is 58.6 Å². The maximum absolute atomic E-state index is 11.0. The maximum atomic E-state index is 11.0. The zero-order chi connectivity index (χ0) is 17.4. The van der Waals surface area contributed by atoms with Crippen molar-refractivity contribution in [1.82, 2.24) is 5.32 Å². The Balaban J connectivity index is 2.41. The van der Waals surface area contributed by atoms with Gasteiger partial charge in [0.1, 0.15) is 11.5 Å². The molecule has 2 N–H and O–H groups in total. The van der Waals surface area contributed by atoms with Gasteiger partial charge in [0.2, 0.25) is 5.91 Å². The predicted molar refractivity (Wildman–Crippen MR) is 91.7 cm³/mol. The molecule has 0 bridgehead atoms. The van der Waals surface area contributed by atoms with Crippen molar-refractivity contribution in [2.24, 2.45) is 10.8 Å². The first-order valence-electron chi connectivity index (χ1n) is 7.97. The van der Waals surface area contributed by atoms with E-state index in [9.17, 15) is 9.90 Å². The standard InChI is InChI=1S/C19H27NO3/c1-12(21)20-10-14-8-7-13(9-15(14)22)16-17(18(2,3)4)19(5,6)11-23-16/h7-9,22H,10-11H2,1-6H3,(H,20,21). The third-order valence-electron chi connectivity index (χ3n) is 4.11. The fourth-order valence-corrected chi connectivity index (χ4v) is 3.36. The summed E-state index contributed by atoms with van der Waals surface area (Å²) in [5.41, 5.74) is 2.79. The van der Waals surface area contributed by atoms with Gasteiger partial charge in [-0.2, -0.15) is 0 Å². The third-order valence-corrected chi connectivity index (χ3v) is 4.11. The van der Waals surface area contributed by atoms with Crippen molar-refractivity contribution < 1.29 is 14.6 Å². The van der Waals surface area contributed by atoms with Crippen molar-refractivity contribution in [1.29, 1.82) is 0 Å². The summed E-state index contributed by atoms with van der Waals surface area (Å²) in [5.74, 6) is 0.918. The predicted octanol–water partition coefficient (Wildman–Crippen LogP) is 3.84. The molecule has 1 aromatic rings. The fourth-order valence-electron chi connectivity index (χ4n) is 3.36. The van der Waals surface area contributed by atoms with Crippen LogP contribution >= 0.6 is 0 Å². The van der Waals surface area contributed by atoms with Gasteiger partial charge in [-0.15, -0.1) is 0 Å². The Labute approximate surface area is 138 Å². The molecule has 0 unspecified atom stereocenters. The highest BCUT2D eigenvalue weighted by Crippen LogP contribution is 2.49. The molecular formula is C19H27NO3. The highest BCUT2D eigenvalue weighted by molar-refractivity contribution is 5.73. The van der Waals surface area contributed by atoms with E-state index >= 15 is 0 Å². The minimum atomic E-state index is -0.118. The second-order valence-corrected chi connectivity index (χ2v) is 7.88. The summed E-state index contributed by atoms with van der Waals surface area (Å²) in [6.45, 7) is 13.3. The van der Waals surface area contributed by atoms with Gasteiger partial charge in [-0.3, -0.25) is 4.79 Å². The van der Waals surface area contributed by atoms with Crippen LogP contribution in [0.5, 0.6) is 5.75 Å². The fraction of sp³-hybridized carbons (Fsp3) is 0.526. The highest BCUT2D eigenvalue weighted by Gasteiger charge is 2.41. The molecule has 2 rings (SSSR count). The Kier molecular flexibility index (Phi) is 4.47. The zero-order valence-corrected chi connectivity index (χ0v) is 14.9. The second-order valence-electron chi connectivity index (χ2n) is 7.88. The first kappa shape index (κ1) is 17.4. The summed E-state index contributed by atoms with van der Waals surface area (Å²) >= 11 is 0. The minimum absolute atomic E-state index is 0.0141. The molecule has 0 saturated heterocycles. The molecule has 1 heterocycles. The van der Waals surface area contributed by atoms with E-state index in [1.54, 1.807) is 6.07 Å². The Morgan fingerprint density at radius 2 is 2.00 bits per heavy atom. The largest absolute Gasteiger partial charge is 0.508 e. The molecule has 0 saturated carbocycles. The van der Waals surface area contributed by atoms with Crippen LogP contribution < -0.4 is 5.32 Å². The van der Waals surface area contributed by atoms with Crippen molar-refractivity contribution in [3.63, 3.8) is 0 Å². The van der Waals surface area contributed by atoms with Crippen LogP contribution in [0.1, 0.15) is 52.7 Å². The molecular weight excluding hydrogens is 290 g/mol. The highest BCUT2D eigenvalue weighted by atomic mass is 16.5. The Hall–Kier alpha value is -1.97. The number of ether oxygens (including phenoxy) is 1. The number of phenols is 1. The molecule has 1 aliphatic heterocycles. The molecule has 4 nitrogen and oxygen atoms in total. The number of carbonyl (C=O) groups excluding carboxylic acids is 1. The number of aromatic hydroxyl groups is 1. The summed E-state index contributed by atoms with van der Waals surface area (Å²) in [6.07, 6.45) is 0. The lowest BCUT2D eigenvalue weighted by Crippen LogP contribution is -2.24. The van der Waals surface area contributed by atoms with Crippen molar-refractivity contribution in [2.45, 2.75) is 48.1 Å². The molecule has 1 amide bonds.